The first-order valence-corrected chi connectivity index (χ1v) is 9.37. The molecular formula is C18H8F6IS+. The van der Waals surface area contributed by atoms with E-state index in [1.165, 1.54) is 18.2 Å². The summed E-state index contributed by atoms with van der Waals surface area (Å²) in [4.78, 5) is 0.0110. The summed E-state index contributed by atoms with van der Waals surface area (Å²) in [5, 5.41) is 0. The van der Waals surface area contributed by atoms with Gasteiger partial charge in [-0.15, -0.1) is 0 Å². The molecule has 0 amide bonds. The van der Waals surface area contributed by atoms with E-state index in [1.54, 1.807) is 22.6 Å². The Bertz CT molecular complexity index is 940. The Balaban J connectivity index is 2.29. The summed E-state index contributed by atoms with van der Waals surface area (Å²) in [6.45, 7) is 0. The van der Waals surface area contributed by atoms with E-state index in [1.807, 2.05) is 0 Å². The molecular weight excluding hydrogens is 489 g/mol. The Morgan fingerprint density at radius 1 is 0.577 bits per heavy atom. The van der Waals surface area contributed by atoms with Crippen LogP contribution in [-0.2, 0) is 10.9 Å². The Morgan fingerprint density at radius 3 is 1.54 bits per heavy atom. The topological polar surface area (TPSA) is 0 Å². The summed E-state index contributed by atoms with van der Waals surface area (Å²) >= 11 is 1.77. The normalized spacial score (nSPS) is 11.2. The molecule has 3 rings (SSSR count). The third kappa shape index (κ3) is 3.71. The molecule has 0 aliphatic carbocycles. The minimum absolute atomic E-state index is 0.0928. The number of hydrogen-bond acceptors (Lipinski definition) is 0. The zero-order valence-electron chi connectivity index (χ0n) is 12.7. The van der Waals surface area contributed by atoms with Gasteiger partial charge in [0, 0.05) is 21.8 Å². The van der Waals surface area contributed by atoms with Crippen molar-refractivity contribution in [3.05, 3.63) is 87.0 Å². The second kappa shape index (κ2) is 7.51. The Labute approximate surface area is 161 Å². The van der Waals surface area contributed by atoms with Gasteiger partial charge in [0.1, 0.15) is 10.9 Å². The molecule has 0 radical (unpaired) electrons. The Morgan fingerprint density at radius 2 is 1.08 bits per heavy atom. The summed E-state index contributed by atoms with van der Waals surface area (Å²) < 4.78 is 82.6. The van der Waals surface area contributed by atoms with Crippen LogP contribution in [0.1, 0.15) is 0 Å². The van der Waals surface area contributed by atoms with Crippen LogP contribution in [-0.4, -0.2) is 0 Å². The van der Waals surface area contributed by atoms with Crippen molar-refractivity contribution in [3.63, 3.8) is 0 Å². The largest absolute Gasteiger partial charge is 0.214 e. The van der Waals surface area contributed by atoms with Gasteiger partial charge in [0.15, 0.2) is 38.9 Å². The molecule has 0 nitrogen and oxygen atoms in total. The van der Waals surface area contributed by atoms with Crippen LogP contribution in [0.3, 0.4) is 0 Å². The van der Waals surface area contributed by atoms with E-state index < -0.39 is 45.8 Å². The second-order valence-electron chi connectivity index (χ2n) is 5.16. The lowest BCUT2D eigenvalue weighted by atomic mass is 10.3. The van der Waals surface area contributed by atoms with Crippen molar-refractivity contribution in [1.82, 2.24) is 0 Å². The average molecular weight is 497 g/mol. The molecule has 0 fully saturated rings. The number of rotatable bonds is 3. The van der Waals surface area contributed by atoms with Gasteiger partial charge in [0.05, 0.1) is 0 Å². The van der Waals surface area contributed by atoms with Gasteiger partial charge in [-0.05, 0) is 52.9 Å². The molecule has 3 aromatic rings. The fourth-order valence-electron chi connectivity index (χ4n) is 2.28. The fourth-order valence-corrected chi connectivity index (χ4v) is 5.23. The maximum atomic E-state index is 14.5. The molecule has 26 heavy (non-hydrogen) atoms. The quantitative estimate of drug-likeness (QED) is 0.175. The van der Waals surface area contributed by atoms with Crippen LogP contribution in [0.4, 0.5) is 26.3 Å². The summed E-state index contributed by atoms with van der Waals surface area (Å²) in [5.74, 6) is -6.92. The minimum atomic E-state index is -1.52. The molecule has 0 heterocycles. The molecule has 134 valence electrons. The molecule has 0 aromatic heterocycles. The van der Waals surface area contributed by atoms with E-state index in [0.717, 1.165) is 30.3 Å². The fraction of sp³-hybridized carbons (Fsp3) is 0. The minimum Gasteiger partial charge on any atom is -0.204 e. The van der Waals surface area contributed by atoms with Gasteiger partial charge >= 0.3 is 0 Å². The number of benzene rings is 3. The summed E-state index contributed by atoms with van der Waals surface area (Å²) in [5.41, 5.74) is 0. The van der Waals surface area contributed by atoms with Crippen LogP contribution in [0, 0.1) is 38.5 Å². The lowest BCUT2D eigenvalue weighted by Crippen LogP contribution is -2.10. The molecule has 0 aliphatic heterocycles. The summed E-state index contributed by atoms with van der Waals surface area (Å²) in [6.07, 6.45) is 0. The van der Waals surface area contributed by atoms with Crippen molar-refractivity contribution >= 4 is 33.5 Å². The van der Waals surface area contributed by atoms with Gasteiger partial charge in [0.2, 0.25) is 10.7 Å². The molecule has 0 unspecified atom stereocenters. The van der Waals surface area contributed by atoms with E-state index in [2.05, 4.69) is 0 Å². The average Bonchev–Trinajstić information content (AvgIpc) is 2.58. The van der Waals surface area contributed by atoms with Gasteiger partial charge in [0.25, 0.3) is 0 Å². The van der Waals surface area contributed by atoms with Crippen LogP contribution < -0.4 is 0 Å². The third-order valence-electron chi connectivity index (χ3n) is 3.43. The SMILES string of the molecule is Fc1ccc([S+](c2ccc(F)c(F)c2)c2cc(I)cc(F)c2F)cc1F. The lowest BCUT2D eigenvalue weighted by molar-refractivity contribution is 0.489. The highest BCUT2D eigenvalue weighted by Crippen LogP contribution is 2.35. The van der Waals surface area contributed by atoms with Gasteiger partial charge < -0.3 is 0 Å². The monoisotopic (exact) mass is 497 g/mol. The molecule has 0 bridgehead atoms. The van der Waals surface area contributed by atoms with Crippen LogP contribution in [0.5, 0.6) is 0 Å². The highest BCUT2D eigenvalue weighted by atomic mass is 127. The molecule has 0 spiro atoms. The first kappa shape index (κ1) is 19.1. The van der Waals surface area contributed by atoms with Crippen molar-refractivity contribution in [1.29, 1.82) is 0 Å². The van der Waals surface area contributed by atoms with Gasteiger partial charge in [-0.2, -0.15) is 4.39 Å². The molecule has 0 N–H and O–H groups in total. The zero-order chi connectivity index (χ0) is 19.0. The molecule has 8 heteroatoms. The van der Waals surface area contributed by atoms with E-state index in [9.17, 15) is 26.3 Å². The zero-order valence-corrected chi connectivity index (χ0v) is 15.6. The highest BCUT2D eigenvalue weighted by Gasteiger charge is 2.35. The highest BCUT2D eigenvalue weighted by molar-refractivity contribution is 14.1. The van der Waals surface area contributed by atoms with Crippen molar-refractivity contribution in [2.45, 2.75) is 14.7 Å². The van der Waals surface area contributed by atoms with Gasteiger partial charge in [-0.1, -0.05) is 0 Å². The van der Waals surface area contributed by atoms with Gasteiger partial charge in [-0.25, -0.2) is 22.0 Å². The Kier molecular flexibility index (Phi) is 5.52. The van der Waals surface area contributed by atoms with Crippen LogP contribution in [0.2, 0.25) is 0 Å². The summed E-state index contributed by atoms with van der Waals surface area (Å²) in [7, 11) is -1.52. The third-order valence-corrected chi connectivity index (χ3v) is 6.24. The van der Waals surface area contributed by atoms with Crippen molar-refractivity contribution in [3.8, 4) is 0 Å². The van der Waals surface area contributed by atoms with Crippen LogP contribution in [0.15, 0.2) is 63.2 Å². The van der Waals surface area contributed by atoms with Crippen LogP contribution >= 0.6 is 22.6 Å². The standard InChI is InChI=1S/C18H8F6IS/c19-12-3-1-10(7-14(12)21)26(11-2-4-13(20)15(22)8-11)17-6-9(25)5-16(23)18(17)24/h1-8H/q+1. The van der Waals surface area contributed by atoms with E-state index in [-0.39, 0.29) is 14.7 Å². The van der Waals surface area contributed by atoms with E-state index >= 15 is 0 Å². The molecule has 0 atom stereocenters. The maximum Gasteiger partial charge on any atom is 0.214 e. The predicted octanol–water partition coefficient (Wildman–Crippen LogP) is 6.22. The van der Waals surface area contributed by atoms with Gasteiger partial charge in [-0.3, -0.25) is 0 Å². The lowest BCUT2D eigenvalue weighted by Gasteiger charge is -2.10. The smallest absolute Gasteiger partial charge is 0.204 e. The van der Waals surface area contributed by atoms with Crippen LogP contribution in [0.25, 0.3) is 0 Å². The predicted molar refractivity (Wildman–Crippen MR) is 94.0 cm³/mol. The molecule has 3 aromatic carbocycles. The molecule has 0 saturated heterocycles. The molecule has 0 aliphatic rings. The second-order valence-corrected chi connectivity index (χ2v) is 8.40. The molecule has 0 saturated carbocycles. The Hall–Kier alpha value is -1.68. The maximum absolute atomic E-state index is 14.5. The first-order chi connectivity index (χ1) is 12.3. The first-order valence-electron chi connectivity index (χ1n) is 7.07. The van der Waals surface area contributed by atoms with Crippen molar-refractivity contribution < 1.29 is 26.3 Å². The van der Waals surface area contributed by atoms with Crippen molar-refractivity contribution in [2.24, 2.45) is 0 Å². The number of hydrogen-bond donors (Lipinski definition) is 0. The van der Waals surface area contributed by atoms with E-state index in [4.69, 9.17) is 0 Å². The summed E-state index contributed by atoms with van der Waals surface area (Å²) in [6, 6.07) is 8.02. The number of halogens is 7. The van der Waals surface area contributed by atoms with Crippen molar-refractivity contribution in [2.75, 3.05) is 0 Å². The van der Waals surface area contributed by atoms with E-state index in [0.29, 0.717) is 3.57 Å².